The van der Waals surface area contributed by atoms with Crippen LogP contribution in [0.2, 0.25) is 0 Å². The first-order valence-corrected chi connectivity index (χ1v) is 8.66. The molecule has 1 atom stereocenters. The number of nitrogens with zero attached hydrogens (tertiary/aromatic N) is 3. The number of halogens is 1. The second-order valence-corrected chi connectivity index (χ2v) is 6.63. The Labute approximate surface area is 137 Å². The van der Waals surface area contributed by atoms with Gasteiger partial charge in [-0.2, -0.15) is 0 Å². The third-order valence-electron chi connectivity index (χ3n) is 5.08. The normalized spacial score (nSPS) is 22.6. The Morgan fingerprint density at radius 3 is 2.43 bits per heavy atom. The molecule has 0 aromatic heterocycles. The van der Waals surface area contributed by atoms with Crippen molar-refractivity contribution >= 4 is 11.6 Å². The molecule has 1 unspecified atom stereocenters. The molecule has 2 saturated heterocycles. The molecule has 0 N–H and O–H groups in total. The van der Waals surface area contributed by atoms with E-state index in [1.54, 1.807) is 0 Å². The van der Waals surface area contributed by atoms with Crippen LogP contribution in [-0.2, 0) is 4.79 Å². The van der Waals surface area contributed by atoms with Gasteiger partial charge in [-0.1, -0.05) is 0 Å². The van der Waals surface area contributed by atoms with Gasteiger partial charge in [0.25, 0.3) is 0 Å². The van der Waals surface area contributed by atoms with E-state index in [2.05, 4.69) is 16.7 Å². The molecule has 0 saturated carbocycles. The van der Waals surface area contributed by atoms with Crippen molar-refractivity contribution in [2.24, 2.45) is 0 Å². The summed E-state index contributed by atoms with van der Waals surface area (Å²) < 4.78 is 13.0. The molecule has 3 rings (SSSR count). The summed E-state index contributed by atoms with van der Waals surface area (Å²) in [6.45, 7) is 7.70. The molecule has 0 spiro atoms. The van der Waals surface area contributed by atoms with Crippen molar-refractivity contribution in [3.8, 4) is 0 Å². The maximum Gasteiger partial charge on any atom is 0.224 e. The van der Waals surface area contributed by atoms with Gasteiger partial charge in [0, 0.05) is 57.4 Å². The predicted octanol–water partition coefficient (Wildman–Crippen LogP) is 2.35. The van der Waals surface area contributed by atoms with E-state index in [0.29, 0.717) is 18.4 Å². The summed E-state index contributed by atoms with van der Waals surface area (Å²) in [5.74, 6) is 0.109. The van der Waals surface area contributed by atoms with Gasteiger partial charge in [0.15, 0.2) is 0 Å². The summed E-state index contributed by atoms with van der Waals surface area (Å²) in [4.78, 5) is 18.9. The highest BCUT2D eigenvalue weighted by Gasteiger charge is 2.25. The zero-order valence-electron chi connectivity index (χ0n) is 13.9. The monoisotopic (exact) mass is 319 g/mol. The number of carbonyl (C=O) groups excluding carboxylic acids is 1. The Hall–Kier alpha value is -1.62. The maximum atomic E-state index is 13.0. The number of benzene rings is 1. The lowest BCUT2D eigenvalue weighted by Crippen LogP contribution is -2.47. The molecule has 2 fully saturated rings. The lowest BCUT2D eigenvalue weighted by Gasteiger charge is -2.36. The molecule has 4 nitrogen and oxygen atoms in total. The minimum Gasteiger partial charge on any atom is -0.369 e. The van der Waals surface area contributed by atoms with Crippen LogP contribution in [0.15, 0.2) is 24.3 Å². The second kappa shape index (κ2) is 7.30. The van der Waals surface area contributed by atoms with Crippen LogP contribution < -0.4 is 4.90 Å². The minimum atomic E-state index is -0.193. The van der Waals surface area contributed by atoms with Crippen LogP contribution in [0.4, 0.5) is 10.1 Å². The van der Waals surface area contributed by atoms with Crippen LogP contribution >= 0.6 is 0 Å². The van der Waals surface area contributed by atoms with E-state index in [1.165, 1.54) is 12.1 Å². The van der Waals surface area contributed by atoms with Gasteiger partial charge < -0.3 is 9.80 Å². The Morgan fingerprint density at radius 1 is 1.13 bits per heavy atom. The summed E-state index contributed by atoms with van der Waals surface area (Å²) >= 11 is 0. The Kier molecular flexibility index (Phi) is 5.16. The molecule has 2 heterocycles. The summed E-state index contributed by atoms with van der Waals surface area (Å²) in [5, 5.41) is 0. The SMILES string of the molecule is CC1CCCN1C(=O)CCN1CCN(c2ccc(F)cc2)CC1. The third-order valence-corrected chi connectivity index (χ3v) is 5.08. The van der Waals surface area contributed by atoms with Crippen molar-refractivity contribution in [3.05, 3.63) is 30.1 Å². The van der Waals surface area contributed by atoms with Gasteiger partial charge in [0.05, 0.1) is 0 Å². The van der Waals surface area contributed by atoms with Crippen molar-refractivity contribution in [3.63, 3.8) is 0 Å². The Morgan fingerprint density at radius 2 is 1.83 bits per heavy atom. The first-order valence-electron chi connectivity index (χ1n) is 8.66. The molecule has 2 aliphatic heterocycles. The first kappa shape index (κ1) is 16.2. The smallest absolute Gasteiger partial charge is 0.224 e. The molecule has 23 heavy (non-hydrogen) atoms. The summed E-state index contributed by atoms with van der Waals surface area (Å²) in [6, 6.07) is 7.11. The number of amides is 1. The number of hydrogen-bond acceptors (Lipinski definition) is 3. The average Bonchev–Trinajstić information content (AvgIpc) is 3.00. The van der Waals surface area contributed by atoms with Gasteiger partial charge in [-0.05, 0) is 44.0 Å². The van der Waals surface area contributed by atoms with Crippen molar-refractivity contribution < 1.29 is 9.18 Å². The predicted molar refractivity (Wildman–Crippen MR) is 90.1 cm³/mol. The van der Waals surface area contributed by atoms with E-state index in [-0.39, 0.29) is 5.82 Å². The fourth-order valence-corrected chi connectivity index (χ4v) is 3.58. The Balaban J connectivity index is 1.42. The molecule has 1 aromatic carbocycles. The summed E-state index contributed by atoms with van der Waals surface area (Å²) in [5.41, 5.74) is 1.08. The molecule has 2 aliphatic rings. The van der Waals surface area contributed by atoms with Gasteiger partial charge in [-0.25, -0.2) is 4.39 Å². The number of carbonyl (C=O) groups is 1. The van der Waals surface area contributed by atoms with Crippen LogP contribution in [0.1, 0.15) is 26.2 Å². The number of rotatable bonds is 4. The van der Waals surface area contributed by atoms with E-state index in [9.17, 15) is 9.18 Å². The quantitative estimate of drug-likeness (QED) is 0.852. The average molecular weight is 319 g/mol. The maximum absolute atomic E-state index is 13.0. The van der Waals surface area contributed by atoms with Gasteiger partial charge >= 0.3 is 0 Å². The molecular weight excluding hydrogens is 293 g/mol. The van der Waals surface area contributed by atoms with E-state index >= 15 is 0 Å². The molecule has 126 valence electrons. The van der Waals surface area contributed by atoms with Crippen LogP contribution in [-0.4, -0.2) is 61.0 Å². The highest BCUT2D eigenvalue weighted by Crippen LogP contribution is 2.19. The van der Waals surface area contributed by atoms with Gasteiger partial charge in [0.1, 0.15) is 5.82 Å². The summed E-state index contributed by atoms with van der Waals surface area (Å²) in [7, 11) is 0. The largest absolute Gasteiger partial charge is 0.369 e. The number of likely N-dealkylation sites (tertiary alicyclic amines) is 1. The highest BCUT2D eigenvalue weighted by atomic mass is 19.1. The van der Waals surface area contributed by atoms with Gasteiger partial charge in [-0.15, -0.1) is 0 Å². The van der Waals surface area contributed by atoms with Crippen molar-refractivity contribution in [2.45, 2.75) is 32.2 Å². The first-order chi connectivity index (χ1) is 11.1. The van der Waals surface area contributed by atoms with E-state index < -0.39 is 0 Å². The minimum absolute atomic E-state index is 0.193. The van der Waals surface area contributed by atoms with Crippen LogP contribution in [0.3, 0.4) is 0 Å². The van der Waals surface area contributed by atoms with Crippen LogP contribution in [0.5, 0.6) is 0 Å². The van der Waals surface area contributed by atoms with Crippen LogP contribution in [0, 0.1) is 5.82 Å². The fourth-order valence-electron chi connectivity index (χ4n) is 3.58. The van der Waals surface area contributed by atoms with Crippen molar-refractivity contribution in [1.82, 2.24) is 9.80 Å². The van der Waals surface area contributed by atoms with Crippen molar-refractivity contribution in [1.29, 1.82) is 0 Å². The number of piperazine rings is 1. The standard InChI is InChI=1S/C18H26FN3O/c1-15-3-2-9-22(15)18(23)8-10-20-11-13-21(14-12-20)17-6-4-16(19)5-7-17/h4-7,15H,2-3,8-14H2,1H3. The van der Waals surface area contributed by atoms with Gasteiger partial charge in [0.2, 0.25) is 5.91 Å². The highest BCUT2D eigenvalue weighted by molar-refractivity contribution is 5.77. The van der Waals surface area contributed by atoms with E-state index in [1.807, 2.05) is 17.0 Å². The molecule has 0 radical (unpaired) electrons. The zero-order valence-corrected chi connectivity index (χ0v) is 13.9. The molecule has 5 heteroatoms. The number of hydrogen-bond donors (Lipinski definition) is 0. The summed E-state index contributed by atoms with van der Waals surface area (Å²) in [6.07, 6.45) is 2.91. The Bertz CT molecular complexity index is 526. The molecule has 1 aromatic rings. The molecule has 0 bridgehead atoms. The number of anilines is 1. The fraction of sp³-hybridized carbons (Fsp3) is 0.611. The topological polar surface area (TPSA) is 26.8 Å². The van der Waals surface area contributed by atoms with E-state index in [0.717, 1.165) is 57.8 Å². The zero-order chi connectivity index (χ0) is 16.2. The molecule has 0 aliphatic carbocycles. The lowest BCUT2D eigenvalue weighted by molar-refractivity contribution is -0.132. The molecular formula is C18H26FN3O. The lowest BCUT2D eigenvalue weighted by atomic mass is 10.2. The van der Waals surface area contributed by atoms with E-state index in [4.69, 9.17) is 0 Å². The third kappa shape index (κ3) is 4.02. The van der Waals surface area contributed by atoms with Crippen molar-refractivity contribution in [2.75, 3.05) is 44.2 Å². The van der Waals surface area contributed by atoms with Crippen LogP contribution in [0.25, 0.3) is 0 Å². The molecule has 1 amide bonds. The second-order valence-electron chi connectivity index (χ2n) is 6.63. The van der Waals surface area contributed by atoms with Gasteiger partial charge in [-0.3, -0.25) is 9.69 Å².